The molecule has 0 aromatic heterocycles. The second kappa shape index (κ2) is 6.40. The maximum absolute atomic E-state index is 13.4. The Labute approximate surface area is 173 Å². The van der Waals surface area contributed by atoms with E-state index in [4.69, 9.17) is 11.6 Å². The summed E-state index contributed by atoms with van der Waals surface area (Å²) in [6, 6.07) is 14.8. The number of fused-ring (bicyclic) bond motifs is 4. The number of likely N-dealkylation sites (tertiary alicyclic amines) is 1. The summed E-state index contributed by atoms with van der Waals surface area (Å²) < 4.78 is 0. The number of nitrogens with one attached hydrogen (secondary N) is 1. The van der Waals surface area contributed by atoms with Crippen molar-refractivity contribution in [1.29, 1.82) is 0 Å². The van der Waals surface area contributed by atoms with Gasteiger partial charge in [0.05, 0.1) is 11.7 Å². The van der Waals surface area contributed by atoms with Crippen LogP contribution in [0.1, 0.15) is 18.1 Å². The van der Waals surface area contributed by atoms with Crippen molar-refractivity contribution in [1.82, 2.24) is 4.90 Å². The molecular formula is C22H21ClN3O3+. The molecule has 5 rings (SSSR count). The van der Waals surface area contributed by atoms with Crippen LogP contribution in [0.4, 0.5) is 5.69 Å². The van der Waals surface area contributed by atoms with Crippen molar-refractivity contribution in [2.45, 2.75) is 24.9 Å². The highest BCUT2D eigenvalue weighted by molar-refractivity contribution is 6.31. The van der Waals surface area contributed by atoms with Gasteiger partial charge >= 0.3 is 0 Å². The average Bonchev–Trinajstić information content (AvgIpc) is 3.26. The summed E-state index contributed by atoms with van der Waals surface area (Å²) in [6.45, 7) is 2.23. The third kappa shape index (κ3) is 2.49. The first-order valence-corrected chi connectivity index (χ1v) is 10.2. The highest BCUT2D eigenvalue weighted by Crippen LogP contribution is 2.49. The minimum Gasteiger partial charge on any atom is -0.326 e. The lowest BCUT2D eigenvalue weighted by Crippen LogP contribution is -2.98. The van der Waals surface area contributed by atoms with E-state index in [2.05, 4.69) is 5.32 Å². The molecule has 148 valence electrons. The van der Waals surface area contributed by atoms with Crippen LogP contribution in [0.3, 0.4) is 0 Å². The van der Waals surface area contributed by atoms with Crippen LogP contribution in [0.25, 0.3) is 0 Å². The van der Waals surface area contributed by atoms with Crippen LogP contribution in [-0.2, 0) is 26.3 Å². The Morgan fingerprint density at radius 3 is 2.62 bits per heavy atom. The molecule has 3 heterocycles. The molecule has 3 aliphatic rings. The maximum atomic E-state index is 13.4. The Kier molecular flexibility index (Phi) is 4.05. The summed E-state index contributed by atoms with van der Waals surface area (Å²) in [6.07, 6.45) is 0.595. The van der Waals surface area contributed by atoms with Gasteiger partial charge in [-0.15, -0.1) is 0 Å². The monoisotopic (exact) mass is 410 g/mol. The third-order valence-corrected chi connectivity index (χ3v) is 6.78. The van der Waals surface area contributed by atoms with Crippen LogP contribution in [0.5, 0.6) is 0 Å². The number of carbonyl (C=O) groups excluding carboxylic acids is 3. The molecule has 2 aromatic carbocycles. The van der Waals surface area contributed by atoms with Crippen molar-refractivity contribution in [2.24, 2.45) is 11.8 Å². The zero-order valence-electron chi connectivity index (χ0n) is 15.9. The minimum absolute atomic E-state index is 0.181. The predicted molar refractivity (Wildman–Crippen MR) is 107 cm³/mol. The van der Waals surface area contributed by atoms with Crippen LogP contribution in [-0.4, -0.2) is 35.2 Å². The van der Waals surface area contributed by atoms with E-state index in [1.54, 1.807) is 18.2 Å². The number of hydrogen-bond donors (Lipinski definition) is 2. The van der Waals surface area contributed by atoms with Gasteiger partial charge in [-0.1, -0.05) is 41.9 Å². The standard InChI is InChI=1S/C22H20ClN3O3/c1-12-17-18(20(28)26(19(17)27)10-9-13-5-3-2-4-6-13)22(25-12)15-11-14(23)7-8-16(15)24-21(22)29/h2-8,11-12,17-18,25H,9-10H2,1H3,(H,24,29)/p+1/t12-,17-,18+,22-/m1/s1. The van der Waals surface area contributed by atoms with Gasteiger partial charge in [0.25, 0.3) is 5.91 Å². The second-order valence-electron chi connectivity index (χ2n) is 8.11. The summed E-state index contributed by atoms with van der Waals surface area (Å²) in [4.78, 5) is 41.1. The van der Waals surface area contributed by atoms with E-state index < -0.39 is 17.4 Å². The number of anilines is 1. The van der Waals surface area contributed by atoms with Gasteiger partial charge in [0.1, 0.15) is 11.8 Å². The first-order valence-electron chi connectivity index (χ1n) is 9.80. The molecule has 1 spiro atoms. The van der Waals surface area contributed by atoms with E-state index in [9.17, 15) is 14.4 Å². The highest BCUT2D eigenvalue weighted by Gasteiger charge is 2.73. The lowest BCUT2D eigenvalue weighted by molar-refractivity contribution is -0.730. The van der Waals surface area contributed by atoms with Crippen LogP contribution in [0.2, 0.25) is 5.02 Å². The summed E-state index contributed by atoms with van der Waals surface area (Å²) in [7, 11) is 0. The fourth-order valence-corrected chi connectivity index (χ4v) is 5.45. The zero-order chi connectivity index (χ0) is 20.3. The Morgan fingerprint density at radius 1 is 1.10 bits per heavy atom. The largest absolute Gasteiger partial charge is 0.326 e. The molecule has 3 aliphatic heterocycles. The molecule has 6 nitrogen and oxygen atoms in total. The molecule has 2 saturated heterocycles. The van der Waals surface area contributed by atoms with Gasteiger partial charge in [-0.05, 0) is 37.1 Å². The van der Waals surface area contributed by atoms with Crippen molar-refractivity contribution in [3.8, 4) is 0 Å². The van der Waals surface area contributed by atoms with Gasteiger partial charge in [0.15, 0.2) is 0 Å². The molecule has 0 radical (unpaired) electrons. The first kappa shape index (κ1) is 18.3. The molecule has 0 unspecified atom stereocenters. The SMILES string of the molecule is C[C@H]1[NH2+][C@@]2(C(=O)Nc3ccc(Cl)cc32)[C@@H]2C(=O)N(CCc3ccccc3)C(=O)[C@@H]21. The van der Waals surface area contributed by atoms with E-state index >= 15 is 0 Å². The number of carbonyl (C=O) groups is 3. The number of nitrogens with two attached hydrogens (primary N) is 1. The smallest absolute Gasteiger partial charge is 0.291 e. The Balaban J connectivity index is 1.52. The van der Waals surface area contributed by atoms with Gasteiger partial charge in [0, 0.05) is 17.1 Å². The molecule has 4 atom stereocenters. The van der Waals surface area contributed by atoms with Gasteiger partial charge in [-0.2, -0.15) is 0 Å². The summed E-state index contributed by atoms with van der Waals surface area (Å²) in [5, 5.41) is 5.27. The fourth-order valence-electron chi connectivity index (χ4n) is 5.28. The Morgan fingerprint density at radius 2 is 1.86 bits per heavy atom. The summed E-state index contributed by atoms with van der Waals surface area (Å²) in [5.41, 5.74) is 1.28. The number of halogens is 1. The van der Waals surface area contributed by atoms with Gasteiger partial charge in [-0.25, -0.2) is 0 Å². The number of rotatable bonds is 3. The predicted octanol–water partition coefficient (Wildman–Crippen LogP) is 1.30. The molecule has 0 aliphatic carbocycles. The topological polar surface area (TPSA) is 83.1 Å². The number of quaternary nitrogens is 1. The number of hydrogen-bond acceptors (Lipinski definition) is 3. The lowest BCUT2D eigenvalue weighted by atomic mass is 9.76. The number of imide groups is 1. The molecule has 3 amide bonds. The van der Waals surface area contributed by atoms with Gasteiger partial charge in [-0.3, -0.25) is 19.3 Å². The van der Waals surface area contributed by atoms with Crippen molar-refractivity contribution in [3.05, 3.63) is 64.7 Å². The van der Waals surface area contributed by atoms with Crippen LogP contribution in [0, 0.1) is 11.8 Å². The lowest BCUT2D eigenvalue weighted by Gasteiger charge is -2.26. The molecule has 0 saturated carbocycles. The van der Waals surface area contributed by atoms with Gasteiger partial charge < -0.3 is 10.6 Å². The maximum Gasteiger partial charge on any atom is 0.291 e. The summed E-state index contributed by atoms with van der Waals surface area (Å²) in [5.74, 6) is -1.94. The molecule has 2 fully saturated rings. The van der Waals surface area contributed by atoms with E-state index in [0.717, 1.165) is 5.56 Å². The normalized spacial score (nSPS) is 30.1. The van der Waals surface area contributed by atoms with Crippen LogP contribution >= 0.6 is 11.6 Å². The third-order valence-electron chi connectivity index (χ3n) is 6.54. The Hall–Kier alpha value is -2.70. The van der Waals surface area contributed by atoms with Crippen LogP contribution in [0.15, 0.2) is 48.5 Å². The highest BCUT2D eigenvalue weighted by atomic mass is 35.5. The van der Waals surface area contributed by atoms with Crippen molar-refractivity contribution in [2.75, 3.05) is 11.9 Å². The van der Waals surface area contributed by atoms with E-state index in [0.29, 0.717) is 29.2 Å². The molecule has 7 heteroatoms. The average molecular weight is 411 g/mol. The van der Waals surface area contributed by atoms with Crippen LogP contribution < -0.4 is 10.6 Å². The zero-order valence-corrected chi connectivity index (χ0v) is 16.6. The number of nitrogens with zero attached hydrogens (tertiary/aromatic N) is 1. The second-order valence-corrected chi connectivity index (χ2v) is 8.54. The first-order chi connectivity index (χ1) is 13.9. The van der Waals surface area contributed by atoms with Crippen molar-refractivity contribution in [3.63, 3.8) is 0 Å². The molecule has 3 N–H and O–H groups in total. The molecular weight excluding hydrogens is 390 g/mol. The Bertz CT molecular complexity index is 1040. The number of benzene rings is 2. The summed E-state index contributed by atoms with van der Waals surface area (Å²) >= 11 is 6.21. The van der Waals surface area contributed by atoms with E-state index in [1.807, 2.05) is 42.6 Å². The molecule has 0 bridgehead atoms. The van der Waals surface area contributed by atoms with E-state index in [1.165, 1.54) is 4.90 Å². The van der Waals surface area contributed by atoms with Gasteiger partial charge in [0.2, 0.25) is 17.4 Å². The van der Waals surface area contributed by atoms with Crippen molar-refractivity contribution < 1.29 is 19.7 Å². The van der Waals surface area contributed by atoms with E-state index in [-0.39, 0.29) is 23.8 Å². The fraction of sp³-hybridized carbons (Fsp3) is 0.318. The molecule has 2 aromatic rings. The van der Waals surface area contributed by atoms with Crippen molar-refractivity contribution >= 4 is 35.0 Å². The molecule has 29 heavy (non-hydrogen) atoms. The quantitative estimate of drug-likeness (QED) is 0.748. The number of amides is 3. The minimum atomic E-state index is -1.14.